The van der Waals surface area contributed by atoms with Crippen LogP contribution in [0.15, 0.2) is 42.5 Å². The minimum Gasteiger partial charge on any atom is -0.478 e. The normalized spacial score (nSPS) is 14.2. The van der Waals surface area contributed by atoms with Crippen LogP contribution in [0.3, 0.4) is 0 Å². The minimum absolute atomic E-state index is 0.0143. The molecule has 0 fully saturated rings. The van der Waals surface area contributed by atoms with Gasteiger partial charge in [-0.05, 0) is 36.4 Å². The van der Waals surface area contributed by atoms with E-state index in [1.807, 2.05) is 0 Å². The standard InChI is InChI=1S/C25H14Cl2O9/c1-10(28)33-17-7-5-15-21(19(17)26)35-22-16(6-8-18(20(22)27)34-11(2)29)25(15)14-4-3-12(23(30)31)9-13(14)24(32)36-25/h3-9H,1-2H3,(H,30,31). The Morgan fingerprint density at radius 3 is 1.81 bits per heavy atom. The SMILES string of the molecule is CC(=O)Oc1ccc2c(c1Cl)Oc1c(ccc(OC(C)=O)c1Cl)C21OC(=O)c2cc(C(=O)O)ccc21. The van der Waals surface area contributed by atoms with Crippen LogP contribution in [0.2, 0.25) is 10.0 Å². The van der Waals surface area contributed by atoms with Crippen molar-refractivity contribution in [2.75, 3.05) is 0 Å². The molecule has 1 spiro atoms. The first-order valence-electron chi connectivity index (χ1n) is 10.4. The highest BCUT2D eigenvalue weighted by Crippen LogP contribution is 2.60. The number of carboxylic acids is 1. The van der Waals surface area contributed by atoms with Gasteiger partial charge in [-0.1, -0.05) is 29.3 Å². The molecule has 11 heteroatoms. The molecule has 0 atom stereocenters. The van der Waals surface area contributed by atoms with Gasteiger partial charge in [-0.25, -0.2) is 9.59 Å². The molecule has 0 saturated carbocycles. The maximum Gasteiger partial charge on any atom is 0.340 e. The van der Waals surface area contributed by atoms with Gasteiger partial charge in [-0.15, -0.1) is 0 Å². The number of carbonyl (C=O) groups is 4. The maximum atomic E-state index is 13.1. The summed E-state index contributed by atoms with van der Waals surface area (Å²) in [6, 6.07) is 9.89. The van der Waals surface area contributed by atoms with Crippen LogP contribution < -0.4 is 14.2 Å². The van der Waals surface area contributed by atoms with Gasteiger partial charge < -0.3 is 24.1 Å². The van der Waals surface area contributed by atoms with Gasteiger partial charge in [0, 0.05) is 30.5 Å². The summed E-state index contributed by atoms with van der Waals surface area (Å²) < 4.78 is 22.3. The number of hydrogen-bond donors (Lipinski definition) is 1. The molecule has 0 aromatic heterocycles. The highest BCUT2D eigenvalue weighted by Gasteiger charge is 2.55. The Hall–Kier alpha value is -4.08. The maximum absolute atomic E-state index is 13.1. The molecule has 3 aromatic rings. The lowest BCUT2D eigenvalue weighted by atomic mass is 9.77. The summed E-state index contributed by atoms with van der Waals surface area (Å²) in [4.78, 5) is 47.7. The molecule has 2 aliphatic heterocycles. The van der Waals surface area contributed by atoms with Crippen molar-refractivity contribution in [2.24, 2.45) is 0 Å². The molecule has 0 aliphatic carbocycles. The van der Waals surface area contributed by atoms with Crippen molar-refractivity contribution in [3.8, 4) is 23.0 Å². The predicted octanol–water partition coefficient (Wildman–Crippen LogP) is 5.11. The van der Waals surface area contributed by atoms with Gasteiger partial charge in [0.05, 0.1) is 11.1 Å². The van der Waals surface area contributed by atoms with E-state index in [0.29, 0.717) is 5.56 Å². The van der Waals surface area contributed by atoms with E-state index in [0.717, 1.165) is 0 Å². The summed E-state index contributed by atoms with van der Waals surface area (Å²) in [6.07, 6.45) is 0. The fourth-order valence-electron chi connectivity index (χ4n) is 4.35. The molecule has 2 heterocycles. The number of ether oxygens (including phenoxy) is 4. The smallest absolute Gasteiger partial charge is 0.340 e. The number of rotatable bonds is 3. The zero-order valence-corrected chi connectivity index (χ0v) is 20.0. The average Bonchev–Trinajstić information content (AvgIpc) is 3.10. The first-order chi connectivity index (χ1) is 17.0. The van der Waals surface area contributed by atoms with Crippen LogP contribution in [0.25, 0.3) is 0 Å². The molecular weight excluding hydrogens is 515 g/mol. The van der Waals surface area contributed by atoms with Gasteiger partial charge in [-0.3, -0.25) is 9.59 Å². The Kier molecular flexibility index (Phi) is 5.42. The third kappa shape index (κ3) is 3.39. The molecule has 0 amide bonds. The predicted molar refractivity (Wildman–Crippen MR) is 124 cm³/mol. The number of carboxylic acid groups (broad SMARTS) is 1. The summed E-state index contributed by atoms with van der Waals surface area (Å²) in [6.45, 7) is 2.40. The number of carbonyl (C=O) groups excluding carboxylic acids is 3. The van der Waals surface area contributed by atoms with Crippen molar-refractivity contribution >= 4 is 47.1 Å². The third-order valence-electron chi connectivity index (χ3n) is 5.70. The molecule has 182 valence electrons. The van der Waals surface area contributed by atoms with E-state index in [1.165, 1.54) is 56.3 Å². The summed E-state index contributed by atoms with van der Waals surface area (Å²) in [5.74, 6) is -3.33. The van der Waals surface area contributed by atoms with Gasteiger partial charge in [0.25, 0.3) is 0 Å². The number of fused-ring (bicyclic) bond motifs is 6. The third-order valence-corrected chi connectivity index (χ3v) is 6.42. The second-order valence-electron chi connectivity index (χ2n) is 7.93. The van der Waals surface area contributed by atoms with E-state index in [2.05, 4.69) is 0 Å². The van der Waals surface area contributed by atoms with Crippen LogP contribution in [0.5, 0.6) is 23.0 Å². The van der Waals surface area contributed by atoms with E-state index in [1.54, 1.807) is 0 Å². The van der Waals surface area contributed by atoms with E-state index in [9.17, 15) is 24.3 Å². The van der Waals surface area contributed by atoms with Crippen molar-refractivity contribution in [3.63, 3.8) is 0 Å². The summed E-state index contributed by atoms with van der Waals surface area (Å²) in [5, 5.41) is 9.20. The number of halogens is 2. The number of aromatic carboxylic acids is 1. The van der Waals surface area contributed by atoms with Gasteiger partial charge in [0.1, 0.15) is 10.0 Å². The highest BCUT2D eigenvalue weighted by molar-refractivity contribution is 6.35. The van der Waals surface area contributed by atoms with Crippen molar-refractivity contribution in [1.82, 2.24) is 0 Å². The molecule has 2 aliphatic rings. The molecule has 0 bridgehead atoms. The van der Waals surface area contributed by atoms with Crippen LogP contribution in [-0.2, 0) is 19.9 Å². The number of esters is 3. The van der Waals surface area contributed by atoms with Gasteiger partial charge >= 0.3 is 23.9 Å². The molecular formula is C25H14Cl2O9. The second kappa shape index (κ2) is 8.25. The van der Waals surface area contributed by atoms with Crippen molar-refractivity contribution in [3.05, 3.63) is 80.3 Å². The topological polar surface area (TPSA) is 125 Å². The van der Waals surface area contributed by atoms with Gasteiger partial charge in [0.2, 0.25) is 0 Å². The summed E-state index contributed by atoms with van der Waals surface area (Å²) in [7, 11) is 0. The van der Waals surface area contributed by atoms with Crippen LogP contribution in [0, 0.1) is 0 Å². The molecule has 3 aromatic carbocycles. The lowest BCUT2D eigenvalue weighted by Gasteiger charge is -2.37. The summed E-state index contributed by atoms with van der Waals surface area (Å²) in [5.41, 5.74) is -0.861. The first kappa shape index (κ1) is 23.7. The zero-order valence-electron chi connectivity index (χ0n) is 18.5. The molecule has 9 nitrogen and oxygen atoms in total. The second-order valence-corrected chi connectivity index (χ2v) is 8.69. The zero-order chi connectivity index (χ0) is 25.9. The van der Waals surface area contributed by atoms with Crippen molar-refractivity contribution in [1.29, 1.82) is 0 Å². The Balaban J connectivity index is 1.84. The van der Waals surface area contributed by atoms with Crippen LogP contribution in [0.4, 0.5) is 0 Å². The fourth-order valence-corrected chi connectivity index (χ4v) is 4.83. The Bertz CT molecular complexity index is 1450. The van der Waals surface area contributed by atoms with E-state index < -0.39 is 29.5 Å². The molecule has 36 heavy (non-hydrogen) atoms. The summed E-state index contributed by atoms with van der Waals surface area (Å²) >= 11 is 13.1. The Morgan fingerprint density at radius 2 is 1.33 bits per heavy atom. The first-order valence-corrected chi connectivity index (χ1v) is 11.1. The van der Waals surface area contributed by atoms with Crippen LogP contribution >= 0.6 is 23.2 Å². The van der Waals surface area contributed by atoms with Crippen molar-refractivity contribution in [2.45, 2.75) is 19.4 Å². The van der Waals surface area contributed by atoms with E-state index in [4.69, 9.17) is 42.1 Å². The lowest BCUT2D eigenvalue weighted by molar-refractivity contribution is -0.132. The van der Waals surface area contributed by atoms with Crippen molar-refractivity contribution < 1.29 is 43.2 Å². The van der Waals surface area contributed by atoms with E-state index in [-0.39, 0.29) is 55.3 Å². The highest BCUT2D eigenvalue weighted by atomic mass is 35.5. The minimum atomic E-state index is -1.65. The average molecular weight is 529 g/mol. The molecule has 1 N–H and O–H groups in total. The molecule has 0 unspecified atom stereocenters. The largest absolute Gasteiger partial charge is 0.478 e. The number of hydrogen-bond acceptors (Lipinski definition) is 8. The quantitative estimate of drug-likeness (QED) is 0.364. The van der Waals surface area contributed by atoms with E-state index >= 15 is 0 Å². The van der Waals surface area contributed by atoms with Crippen LogP contribution in [-0.4, -0.2) is 29.0 Å². The molecule has 0 saturated heterocycles. The van der Waals surface area contributed by atoms with Crippen LogP contribution in [0.1, 0.15) is 51.3 Å². The monoisotopic (exact) mass is 528 g/mol. The lowest BCUT2D eigenvalue weighted by Crippen LogP contribution is -2.33. The Morgan fingerprint density at radius 1 is 0.833 bits per heavy atom. The van der Waals surface area contributed by atoms with Gasteiger partial charge in [0.15, 0.2) is 28.6 Å². The molecule has 5 rings (SSSR count). The van der Waals surface area contributed by atoms with Gasteiger partial charge in [-0.2, -0.15) is 0 Å². The molecule has 0 radical (unpaired) electrons. The fraction of sp³-hybridized carbons (Fsp3) is 0.120. The Labute approximate surface area is 213 Å². The number of benzene rings is 3.